The van der Waals surface area contributed by atoms with E-state index < -0.39 is 41.9 Å². The number of anilines is 4. The predicted octanol–water partition coefficient (Wildman–Crippen LogP) is 1.74. The SMILES string of the molecule is CN1C(=O)C(N)CCc2cccnc21.CN1C(=O)C(NC(=O)c2nnc(Cc3ccccc3)o2)CCc2nccnc21.CN1C(=O)[C@@H](NC(=O)c2nnc(Cc3ccccc3)o2)CCc2nccnc21.CN1C(=O)[C@H](NC(=O)c2nnc(Cc3ccccc3)o2)CCc2nccnc21.O=[C-]c1nnc(Cc2ccccc2)o1.[Li+].[OH-]. The summed E-state index contributed by atoms with van der Waals surface area (Å²) in [5.41, 5.74) is 13.0. The third-order valence-corrected chi connectivity index (χ3v) is 17.9. The van der Waals surface area contributed by atoms with Crippen LogP contribution in [0, 0.1) is 0 Å². The Bertz CT molecular complexity index is 4870. The minimum Gasteiger partial charge on any atom is -0.870 e. The van der Waals surface area contributed by atoms with Crippen molar-refractivity contribution in [2.45, 2.75) is 101 Å². The average Bonchev–Trinajstić information content (AvgIpc) is 1.68. The molecule has 12 aromatic rings. The van der Waals surface area contributed by atoms with Crippen LogP contribution in [0.3, 0.4) is 0 Å². The van der Waals surface area contributed by atoms with Gasteiger partial charge in [0.05, 0.1) is 48.8 Å². The fourth-order valence-electron chi connectivity index (χ4n) is 12.2. The van der Waals surface area contributed by atoms with Crippen molar-refractivity contribution < 1.29 is 80.4 Å². The van der Waals surface area contributed by atoms with Crippen LogP contribution in [0.4, 0.5) is 23.3 Å². The average molecular weight is 1540 g/mol. The van der Waals surface area contributed by atoms with Crippen LogP contribution in [0.2, 0.25) is 0 Å². The summed E-state index contributed by atoms with van der Waals surface area (Å²) in [6.07, 6.45) is 18.7. The number of likely N-dealkylation sites (N-methyl/N-ethyl adjacent to an activating group) is 4. The zero-order chi connectivity index (χ0) is 78.5. The van der Waals surface area contributed by atoms with Gasteiger partial charge in [-0.2, -0.15) is 6.29 Å². The molecule has 0 saturated heterocycles. The van der Waals surface area contributed by atoms with Gasteiger partial charge in [-0.15, -0.1) is 40.8 Å². The van der Waals surface area contributed by atoms with Crippen LogP contribution in [0.1, 0.15) is 132 Å². The Kier molecular flexibility index (Phi) is 28.9. The summed E-state index contributed by atoms with van der Waals surface area (Å²) >= 11 is 0. The quantitative estimate of drug-likeness (QED) is 0.0838. The van der Waals surface area contributed by atoms with Gasteiger partial charge in [-0.3, -0.25) is 68.1 Å². The van der Waals surface area contributed by atoms with Crippen LogP contribution in [-0.2, 0) is 75.3 Å². The molecule has 4 atom stereocenters. The van der Waals surface area contributed by atoms with Crippen LogP contribution in [0.25, 0.3) is 0 Å². The summed E-state index contributed by atoms with van der Waals surface area (Å²) in [7, 11) is 6.57. The number of pyridine rings is 1. The van der Waals surface area contributed by atoms with E-state index in [-0.39, 0.29) is 71.5 Å². The molecular weight excluding hydrogens is 1460 g/mol. The van der Waals surface area contributed by atoms with Crippen LogP contribution in [-0.4, -0.2) is 181 Å². The third-order valence-electron chi connectivity index (χ3n) is 17.9. The van der Waals surface area contributed by atoms with E-state index in [2.05, 4.69) is 91.6 Å². The first-order valence-electron chi connectivity index (χ1n) is 35.4. The van der Waals surface area contributed by atoms with Crippen LogP contribution in [0.15, 0.2) is 195 Å². The van der Waals surface area contributed by atoms with Crippen molar-refractivity contribution in [1.29, 1.82) is 0 Å². The zero-order valence-corrected chi connectivity index (χ0v) is 62.5. The van der Waals surface area contributed by atoms with E-state index in [1.807, 2.05) is 133 Å². The maximum atomic E-state index is 12.7. The second-order valence-corrected chi connectivity index (χ2v) is 25.6. The summed E-state index contributed by atoms with van der Waals surface area (Å²) in [6, 6.07) is 39.8. The minimum absolute atomic E-state index is 0. The molecule has 6 N–H and O–H groups in total. The summed E-state index contributed by atoms with van der Waals surface area (Å²) in [5.74, 6) is 0.499. The number of aryl methyl sites for hydroxylation is 4. The molecule has 0 aliphatic carbocycles. The number of nitrogens with two attached hydrogens (primary N) is 1. The minimum atomic E-state index is -0.724. The summed E-state index contributed by atoms with van der Waals surface area (Å²) in [4.78, 5) is 133. The van der Waals surface area contributed by atoms with Crippen molar-refractivity contribution in [1.82, 2.24) is 91.6 Å². The Morgan fingerprint density at radius 3 is 1.03 bits per heavy atom. The number of carbonyl (C=O) groups is 7. The molecule has 4 aliphatic heterocycles. The van der Waals surface area contributed by atoms with E-state index >= 15 is 0 Å². The predicted molar refractivity (Wildman–Crippen MR) is 400 cm³/mol. The molecule has 12 heterocycles. The molecule has 7 amide bonds. The molecule has 0 fully saturated rings. The smallest absolute Gasteiger partial charge is 0.870 e. The Labute approximate surface area is 663 Å². The molecule has 4 aliphatic rings. The second kappa shape index (κ2) is 39.8. The maximum absolute atomic E-state index is 12.7. The summed E-state index contributed by atoms with van der Waals surface area (Å²) in [6.45, 7) is 0. The van der Waals surface area contributed by atoms with Gasteiger partial charge in [0.1, 0.15) is 29.8 Å². The van der Waals surface area contributed by atoms with Crippen molar-refractivity contribution in [3.63, 3.8) is 0 Å². The maximum Gasteiger partial charge on any atom is 1.00 e. The van der Waals surface area contributed by atoms with Crippen molar-refractivity contribution in [3.8, 4) is 0 Å². The van der Waals surface area contributed by atoms with Gasteiger partial charge >= 0.3 is 54.3 Å². The van der Waals surface area contributed by atoms with Crippen LogP contribution < -0.4 is 60.1 Å². The number of nitrogens with one attached hydrogen (secondary N) is 3. The Morgan fingerprint density at radius 1 is 0.386 bits per heavy atom. The Hall–Kier alpha value is -13.7. The summed E-state index contributed by atoms with van der Waals surface area (Å²) < 4.78 is 21.4. The molecule has 4 aromatic carbocycles. The van der Waals surface area contributed by atoms with Gasteiger partial charge < -0.3 is 49.6 Å². The van der Waals surface area contributed by atoms with Crippen molar-refractivity contribution in [2.75, 3.05) is 47.8 Å². The molecule has 0 radical (unpaired) electrons. The molecule has 0 spiro atoms. The number of fused-ring (bicyclic) bond motifs is 4. The number of carbonyl (C=O) groups excluding carboxylic acids is 8. The van der Waals surface area contributed by atoms with Crippen molar-refractivity contribution >= 4 is 70.9 Å². The number of nitrogens with zero attached hydrogens (tertiary/aromatic N) is 19. The van der Waals surface area contributed by atoms with Crippen LogP contribution in [0.5, 0.6) is 0 Å². The normalized spacial score (nSPS) is 16.0. The number of amides is 7. The monoisotopic (exact) mass is 1540 g/mol. The number of hydrogen-bond acceptors (Lipinski definition) is 29. The van der Waals surface area contributed by atoms with E-state index in [0.29, 0.717) is 112 Å². The fourth-order valence-corrected chi connectivity index (χ4v) is 12.2. The molecule has 37 heteroatoms. The van der Waals surface area contributed by atoms with E-state index in [9.17, 15) is 38.4 Å². The van der Waals surface area contributed by atoms with Crippen LogP contribution >= 0.6 is 0 Å². The van der Waals surface area contributed by atoms with Gasteiger partial charge in [0.15, 0.2) is 17.5 Å². The molecule has 578 valence electrons. The van der Waals surface area contributed by atoms with E-state index in [1.54, 1.807) is 64.2 Å². The number of aromatic nitrogens is 15. The Balaban J connectivity index is 0.000000154. The van der Waals surface area contributed by atoms with E-state index in [1.165, 1.54) is 33.3 Å². The summed E-state index contributed by atoms with van der Waals surface area (Å²) in [5, 5.41) is 38.4. The van der Waals surface area contributed by atoms with Gasteiger partial charge in [-0.05, 0) is 85.3 Å². The van der Waals surface area contributed by atoms with Gasteiger partial charge in [-0.1, -0.05) is 127 Å². The molecular formula is C77H75LiN23O13-. The first-order chi connectivity index (χ1) is 54.4. The first-order valence-corrected chi connectivity index (χ1v) is 35.4. The standard InChI is InChI=1S/3C19H18N6O3.C10H13N3O.C10H7N2O2.Li.H2O/c3*1-25-16-13(20-9-10-21-16)7-8-14(19(25)27)22-17(26)18-24-23-15(28-18)11-12-5-3-2-4-6-12;1-13-9-7(3-2-6-12-9)4-5-8(11)10(13)14;13-7-10-12-11-9(14-10)6-8-4-2-1-3-5-8;;/h3*2-6,9-10,14H,7-8,11H2,1H3,(H,22,26);2-3,6,8H,4-5,11H2,1H3;1-5H,6H2;;1H2/q;;;;-1;+1;/p-1/t2*14-;;;;;/m10...../s1. The van der Waals surface area contributed by atoms with Gasteiger partial charge in [0.2, 0.25) is 29.5 Å². The molecule has 2 unspecified atom stereocenters. The van der Waals surface area contributed by atoms with Gasteiger partial charge in [-0.25, -0.2) is 19.9 Å². The molecule has 16 rings (SSSR count). The number of hydrogen-bond donors (Lipinski definition) is 4. The number of benzene rings is 4. The zero-order valence-electron chi connectivity index (χ0n) is 62.5. The van der Waals surface area contributed by atoms with Crippen molar-refractivity contribution in [2.24, 2.45) is 5.73 Å². The molecule has 0 saturated carbocycles. The molecule has 8 aromatic heterocycles. The number of rotatable bonds is 15. The molecule has 0 bridgehead atoms. The fraction of sp³-hybridized carbons (Fsp3) is 0.260. The first kappa shape index (κ1) is 82.8. The second-order valence-electron chi connectivity index (χ2n) is 25.6. The Morgan fingerprint density at radius 2 is 0.693 bits per heavy atom. The largest absolute Gasteiger partial charge is 1.00 e. The van der Waals surface area contributed by atoms with Gasteiger partial charge in [0.25, 0.3) is 17.7 Å². The third kappa shape index (κ3) is 21.5. The topological polar surface area (TPSA) is 488 Å². The van der Waals surface area contributed by atoms with E-state index in [4.69, 9.17) is 23.4 Å². The van der Waals surface area contributed by atoms with Gasteiger partial charge in [0, 0.05) is 71.6 Å². The molecule has 114 heavy (non-hydrogen) atoms. The van der Waals surface area contributed by atoms with E-state index in [0.717, 1.165) is 57.1 Å². The molecule has 36 nitrogen and oxygen atoms in total. The van der Waals surface area contributed by atoms with Crippen molar-refractivity contribution in [3.05, 3.63) is 269 Å².